The molecule has 0 aromatic rings. The summed E-state index contributed by atoms with van der Waals surface area (Å²) >= 11 is 0. The Kier molecular flexibility index (Phi) is 10.1. The number of carboxylic acids is 1. The number of likely N-dealkylation sites (tertiary alicyclic amines) is 1. The van der Waals surface area contributed by atoms with Gasteiger partial charge in [0, 0.05) is 6.54 Å². The number of hydrogen-bond donors (Lipinski definition) is 5. The van der Waals surface area contributed by atoms with Gasteiger partial charge in [0.05, 0.1) is 6.04 Å². The number of carboxylic acid groups (broad SMARTS) is 1. The van der Waals surface area contributed by atoms with E-state index in [4.69, 9.17) is 5.73 Å². The van der Waals surface area contributed by atoms with E-state index in [1.807, 2.05) is 6.92 Å². The van der Waals surface area contributed by atoms with E-state index in [2.05, 4.69) is 16.0 Å². The normalized spacial score (nSPS) is 22.2. The molecule has 0 aromatic carbocycles. The maximum atomic E-state index is 13.8. The smallest absolute Gasteiger partial charge is 0.326 e. The van der Waals surface area contributed by atoms with E-state index in [1.165, 1.54) is 4.90 Å². The van der Waals surface area contributed by atoms with Crippen molar-refractivity contribution in [3.05, 3.63) is 0 Å². The monoisotopic (exact) mass is 551 g/mol. The standard InChI is InChI=1S/C27H45N5O7/c1-14-11-17(22(35)29-16(18(33)21(28)34)12-15-9-8-10-15)32(13-14)23(36)19(26(2,3)4)30-25(39)31-20(24(37)38)27(5,6)7/h14-17,19-20H,8-13H2,1-7H3,(H2,28,34)(H,29,35)(H,37,38)(H2,30,31,39)/t14-,16?,17+,19-,20+/m1/s1. The van der Waals surface area contributed by atoms with Crippen LogP contribution in [0.5, 0.6) is 0 Å². The SMILES string of the molecule is C[C@@H]1C[C@@H](C(=O)NC(CC2CCC2)C(=O)C(N)=O)N(C(=O)[C@@H](NC(=O)N[C@@H](C(=O)O)C(C)(C)C)C(C)(C)C)C1. The van der Waals surface area contributed by atoms with Crippen LogP contribution < -0.4 is 21.7 Å². The minimum atomic E-state index is -1.21. The first kappa shape index (κ1) is 32.0. The van der Waals surface area contributed by atoms with Crippen molar-refractivity contribution in [2.24, 2.45) is 28.4 Å². The lowest BCUT2D eigenvalue weighted by atomic mass is 9.80. The first-order valence-corrected chi connectivity index (χ1v) is 13.6. The van der Waals surface area contributed by atoms with Crippen molar-refractivity contribution in [2.45, 2.75) is 105 Å². The third kappa shape index (κ3) is 8.40. The van der Waals surface area contributed by atoms with E-state index < -0.39 is 70.5 Å². The highest BCUT2D eigenvalue weighted by molar-refractivity contribution is 6.37. The van der Waals surface area contributed by atoms with Crippen LogP contribution in [0, 0.1) is 22.7 Å². The molecule has 0 spiro atoms. The number of amides is 5. The van der Waals surface area contributed by atoms with Crippen molar-refractivity contribution < 1.29 is 33.9 Å². The summed E-state index contributed by atoms with van der Waals surface area (Å²) in [6.45, 7) is 12.4. The van der Waals surface area contributed by atoms with Crippen LogP contribution in [-0.4, -0.2) is 76.2 Å². The van der Waals surface area contributed by atoms with Gasteiger partial charge in [-0.25, -0.2) is 9.59 Å². The predicted molar refractivity (Wildman–Crippen MR) is 143 cm³/mol. The molecule has 2 aliphatic rings. The number of ketones is 1. The number of nitrogens with zero attached hydrogens (tertiary/aromatic N) is 1. The molecular formula is C27H45N5O7. The van der Waals surface area contributed by atoms with Crippen molar-refractivity contribution in [2.75, 3.05) is 6.54 Å². The van der Waals surface area contributed by atoms with E-state index >= 15 is 0 Å². The molecule has 1 saturated carbocycles. The first-order chi connectivity index (χ1) is 17.8. The number of nitrogens with one attached hydrogen (secondary N) is 3. The minimum absolute atomic E-state index is 0.0339. The molecule has 39 heavy (non-hydrogen) atoms. The van der Waals surface area contributed by atoms with Gasteiger partial charge in [-0.2, -0.15) is 0 Å². The van der Waals surface area contributed by atoms with Gasteiger partial charge in [0.15, 0.2) is 0 Å². The zero-order valence-corrected chi connectivity index (χ0v) is 24.1. The van der Waals surface area contributed by atoms with E-state index in [1.54, 1.807) is 41.5 Å². The second-order valence-corrected chi connectivity index (χ2v) is 13.2. The van der Waals surface area contributed by atoms with Gasteiger partial charge in [0.1, 0.15) is 18.1 Å². The predicted octanol–water partition coefficient (Wildman–Crippen LogP) is 1.17. The van der Waals surface area contributed by atoms with Gasteiger partial charge >= 0.3 is 12.0 Å². The number of primary amides is 1. The lowest BCUT2D eigenvalue weighted by Crippen LogP contribution is -2.61. The zero-order chi connectivity index (χ0) is 29.9. The molecule has 220 valence electrons. The second-order valence-electron chi connectivity index (χ2n) is 13.2. The Morgan fingerprint density at radius 2 is 1.46 bits per heavy atom. The molecule has 2 fully saturated rings. The summed E-state index contributed by atoms with van der Waals surface area (Å²) in [5, 5.41) is 17.3. The van der Waals surface area contributed by atoms with Crippen LogP contribution in [0.15, 0.2) is 0 Å². The van der Waals surface area contributed by atoms with Gasteiger partial charge in [-0.3, -0.25) is 19.2 Å². The van der Waals surface area contributed by atoms with Crippen LogP contribution in [0.3, 0.4) is 0 Å². The Bertz CT molecular complexity index is 980. The molecule has 1 aliphatic heterocycles. The quantitative estimate of drug-likeness (QED) is 0.252. The summed E-state index contributed by atoms with van der Waals surface area (Å²) in [5.74, 6) is -4.06. The Labute approximate surface area is 230 Å². The molecule has 12 heteroatoms. The van der Waals surface area contributed by atoms with Crippen molar-refractivity contribution in [3.63, 3.8) is 0 Å². The first-order valence-electron chi connectivity index (χ1n) is 13.6. The molecule has 0 aromatic heterocycles. The average molecular weight is 552 g/mol. The van der Waals surface area contributed by atoms with Gasteiger partial charge in [-0.05, 0) is 35.5 Å². The molecule has 2 rings (SSSR count). The van der Waals surface area contributed by atoms with Gasteiger partial charge in [-0.15, -0.1) is 0 Å². The number of carbonyl (C=O) groups excluding carboxylic acids is 5. The Morgan fingerprint density at radius 1 is 0.923 bits per heavy atom. The van der Waals surface area contributed by atoms with Crippen LogP contribution in [0.4, 0.5) is 4.79 Å². The van der Waals surface area contributed by atoms with Crippen molar-refractivity contribution >= 4 is 35.5 Å². The summed E-state index contributed by atoms with van der Waals surface area (Å²) in [7, 11) is 0. The molecule has 6 N–H and O–H groups in total. The van der Waals surface area contributed by atoms with Crippen molar-refractivity contribution in [3.8, 4) is 0 Å². The summed E-state index contributed by atoms with van der Waals surface area (Å²) in [5.41, 5.74) is 3.66. The molecular weight excluding hydrogens is 506 g/mol. The number of urea groups is 1. The highest BCUT2D eigenvalue weighted by Crippen LogP contribution is 2.32. The van der Waals surface area contributed by atoms with E-state index in [0.717, 1.165) is 19.3 Å². The molecule has 1 unspecified atom stereocenters. The molecule has 12 nitrogen and oxygen atoms in total. The maximum Gasteiger partial charge on any atom is 0.326 e. The Balaban J connectivity index is 2.23. The molecule has 5 atom stereocenters. The highest BCUT2D eigenvalue weighted by atomic mass is 16.4. The van der Waals surface area contributed by atoms with Crippen LogP contribution in [-0.2, 0) is 24.0 Å². The van der Waals surface area contributed by atoms with E-state index in [9.17, 15) is 33.9 Å². The summed E-state index contributed by atoms with van der Waals surface area (Å²) in [6, 6.07) is -5.06. The number of aliphatic carboxylic acids is 1. The molecule has 0 radical (unpaired) electrons. The van der Waals surface area contributed by atoms with Gasteiger partial charge in [0.2, 0.25) is 17.6 Å². The number of carbonyl (C=O) groups is 6. The third-order valence-electron chi connectivity index (χ3n) is 7.54. The Morgan fingerprint density at radius 3 is 1.90 bits per heavy atom. The van der Waals surface area contributed by atoms with Crippen molar-refractivity contribution in [1.29, 1.82) is 0 Å². The van der Waals surface area contributed by atoms with Crippen LogP contribution in [0.1, 0.15) is 80.6 Å². The fraction of sp³-hybridized carbons (Fsp3) is 0.778. The number of Topliss-reactive ketones (excluding diaryl/α,β-unsaturated/α-hetero) is 1. The molecule has 1 aliphatic carbocycles. The zero-order valence-electron chi connectivity index (χ0n) is 24.1. The fourth-order valence-corrected chi connectivity index (χ4v) is 5.04. The maximum absolute atomic E-state index is 13.8. The van der Waals surface area contributed by atoms with Crippen LogP contribution >= 0.6 is 0 Å². The van der Waals surface area contributed by atoms with Crippen LogP contribution in [0.2, 0.25) is 0 Å². The van der Waals surface area contributed by atoms with Gasteiger partial charge in [-0.1, -0.05) is 67.7 Å². The highest BCUT2D eigenvalue weighted by Gasteiger charge is 2.45. The summed E-state index contributed by atoms with van der Waals surface area (Å²) < 4.78 is 0. The number of hydrogen-bond acceptors (Lipinski definition) is 6. The molecule has 5 amide bonds. The van der Waals surface area contributed by atoms with E-state index in [0.29, 0.717) is 12.8 Å². The number of rotatable bonds is 10. The third-order valence-corrected chi connectivity index (χ3v) is 7.54. The van der Waals surface area contributed by atoms with Crippen molar-refractivity contribution in [1.82, 2.24) is 20.9 Å². The van der Waals surface area contributed by atoms with Crippen LogP contribution in [0.25, 0.3) is 0 Å². The van der Waals surface area contributed by atoms with Gasteiger partial charge in [0.25, 0.3) is 5.91 Å². The summed E-state index contributed by atoms with van der Waals surface area (Å²) in [4.78, 5) is 77.2. The topological polar surface area (TPSA) is 188 Å². The minimum Gasteiger partial charge on any atom is -0.480 e. The van der Waals surface area contributed by atoms with E-state index in [-0.39, 0.29) is 18.4 Å². The lowest BCUT2D eigenvalue weighted by molar-refractivity contribution is -0.143. The molecule has 1 heterocycles. The molecule has 0 bridgehead atoms. The molecule has 1 saturated heterocycles. The van der Waals surface area contributed by atoms with Gasteiger partial charge < -0.3 is 31.7 Å². The number of nitrogens with two attached hydrogens (primary N) is 1. The largest absolute Gasteiger partial charge is 0.480 e. The average Bonchev–Trinajstić information content (AvgIpc) is 3.16. The fourth-order valence-electron chi connectivity index (χ4n) is 5.04. The summed E-state index contributed by atoms with van der Waals surface area (Å²) in [6.07, 6.45) is 3.49. The second kappa shape index (κ2) is 12.3. The Hall–Kier alpha value is -3.18. The lowest BCUT2D eigenvalue weighted by Gasteiger charge is -2.36.